The van der Waals surface area contributed by atoms with Gasteiger partial charge in [0.25, 0.3) is 0 Å². The fourth-order valence-corrected chi connectivity index (χ4v) is 2.71. The van der Waals surface area contributed by atoms with Crippen molar-refractivity contribution in [3.05, 3.63) is 49.9 Å². The van der Waals surface area contributed by atoms with Crippen molar-refractivity contribution in [2.24, 2.45) is 0 Å². The molecular formula is C14H14Cl2N2OS. The molecule has 0 saturated heterocycles. The number of likely N-dealkylation sites (N-methyl/N-ethyl adjacent to an activating group) is 1. The second-order valence-corrected chi connectivity index (χ2v) is 6.41. The van der Waals surface area contributed by atoms with Gasteiger partial charge in [-0.25, -0.2) is 4.98 Å². The van der Waals surface area contributed by atoms with E-state index in [1.54, 1.807) is 35.4 Å². The van der Waals surface area contributed by atoms with E-state index < -0.39 is 0 Å². The van der Waals surface area contributed by atoms with Gasteiger partial charge >= 0.3 is 0 Å². The summed E-state index contributed by atoms with van der Waals surface area (Å²) in [6, 6.07) is 5.38. The highest BCUT2D eigenvalue weighted by Crippen LogP contribution is 2.23. The highest BCUT2D eigenvalue weighted by Gasteiger charge is 2.12. The van der Waals surface area contributed by atoms with Crippen LogP contribution in [0.15, 0.2) is 23.6 Å². The van der Waals surface area contributed by atoms with Gasteiger partial charge in [0.05, 0.1) is 27.2 Å². The van der Waals surface area contributed by atoms with Gasteiger partial charge in [-0.2, -0.15) is 0 Å². The quantitative estimate of drug-likeness (QED) is 0.851. The molecule has 1 heterocycles. The van der Waals surface area contributed by atoms with Crippen molar-refractivity contribution in [2.75, 3.05) is 7.05 Å². The van der Waals surface area contributed by atoms with Crippen LogP contribution in [0, 0.1) is 6.92 Å². The highest BCUT2D eigenvalue weighted by atomic mass is 35.5. The van der Waals surface area contributed by atoms with Gasteiger partial charge in [0.15, 0.2) is 0 Å². The van der Waals surface area contributed by atoms with Gasteiger partial charge in [0.1, 0.15) is 0 Å². The Labute approximate surface area is 132 Å². The maximum absolute atomic E-state index is 12.1. The molecule has 0 spiro atoms. The number of carbonyl (C=O) groups excluding carboxylic acids is 1. The lowest BCUT2D eigenvalue weighted by molar-refractivity contribution is -0.129. The topological polar surface area (TPSA) is 33.2 Å². The van der Waals surface area contributed by atoms with E-state index in [9.17, 15) is 4.79 Å². The Bertz CT molecular complexity index is 627. The average molecular weight is 329 g/mol. The van der Waals surface area contributed by atoms with E-state index in [0.29, 0.717) is 23.0 Å². The molecule has 0 aliphatic heterocycles. The zero-order valence-electron chi connectivity index (χ0n) is 11.2. The highest BCUT2D eigenvalue weighted by molar-refractivity contribution is 7.09. The third-order valence-corrected chi connectivity index (χ3v) is 4.39. The van der Waals surface area contributed by atoms with Gasteiger partial charge in [-0.15, -0.1) is 11.3 Å². The van der Waals surface area contributed by atoms with Gasteiger partial charge in [0.2, 0.25) is 5.91 Å². The summed E-state index contributed by atoms with van der Waals surface area (Å²) in [6.07, 6.45) is 0.322. The maximum atomic E-state index is 12.1. The minimum absolute atomic E-state index is 0.0290. The van der Waals surface area contributed by atoms with Crippen LogP contribution < -0.4 is 0 Å². The summed E-state index contributed by atoms with van der Waals surface area (Å²) in [6.45, 7) is 2.43. The predicted octanol–water partition coefficient (Wildman–Crippen LogP) is 3.96. The summed E-state index contributed by atoms with van der Waals surface area (Å²) in [5.74, 6) is 0.0290. The van der Waals surface area contributed by atoms with Crippen molar-refractivity contribution in [1.29, 1.82) is 0 Å². The smallest absolute Gasteiger partial charge is 0.228 e. The fraction of sp³-hybridized carbons (Fsp3) is 0.286. The van der Waals surface area contributed by atoms with Crippen LogP contribution in [0.3, 0.4) is 0 Å². The van der Waals surface area contributed by atoms with E-state index >= 15 is 0 Å². The first-order valence-electron chi connectivity index (χ1n) is 6.04. The summed E-state index contributed by atoms with van der Waals surface area (Å²) in [4.78, 5) is 18.1. The van der Waals surface area contributed by atoms with Crippen LogP contribution in [0.1, 0.15) is 16.3 Å². The van der Waals surface area contributed by atoms with Gasteiger partial charge < -0.3 is 4.90 Å². The standard InChI is InChI=1S/C14H14Cl2N2OS/c1-9-17-11(8-20-9)6-14(19)18(2)7-10-3-4-12(15)13(16)5-10/h3-5,8H,6-7H2,1-2H3. The van der Waals surface area contributed by atoms with Crippen molar-refractivity contribution in [1.82, 2.24) is 9.88 Å². The van der Waals surface area contributed by atoms with Crippen molar-refractivity contribution in [2.45, 2.75) is 19.9 Å². The van der Waals surface area contributed by atoms with Crippen molar-refractivity contribution in [3.63, 3.8) is 0 Å². The molecule has 1 amide bonds. The first kappa shape index (κ1) is 15.3. The molecular weight excluding hydrogens is 315 g/mol. The molecule has 0 atom stereocenters. The number of rotatable bonds is 4. The lowest BCUT2D eigenvalue weighted by Gasteiger charge is -2.17. The number of thiazole rings is 1. The van der Waals surface area contributed by atoms with Crippen LogP contribution >= 0.6 is 34.5 Å². The van der Waals surface area contributed by atoms with Gasteiger partial charge in [-0.05, 0) is 24.6 Å². The van der Waals surface area contributed by atoms with Gasteiger partial charge in [0, 0.05) is 19.0 Å². The van der Waals surface area contributed by atoms with Crippen LogP contribution in [0.25, 0.3) is 0 Å². The predicted molar refractivity (Wildman–Crippen MR) is 83.5 cm³/mol. The van der Waals surface area contributed by atoms with Gasteiger partial charge in [-0.3, -0.25) is 4.79 Å². The number of halogens is 2. The SMILES string of the molecule is Cc1nc(CC(=O)N(C)Cc2ccc(Cl)c(Cl)c2)cs1. The normalized spacial score (nSPS) is 10.6. The van der Waals surface area contributed by atoms with Crippen molar-refractivity contribution in [3.8, 4) is 0 Å². The molecule has 0 saturated carbocycles. The molecule has 6 heteroatoms. The number of nitrogens with zero attached hydrogens (tertiary/aromatic N) is 2. The molecule has 0 unspecified atom stereocenters. The minimum atomic E-state index is 0.0290. The molecule has 0 fully saturated rings. The summed E-state index contributed by atoms with van der Waals surface area (Å²) in [7, 11) is 1.77. The Morgan fingerprint density at radius 2 is 2.10 bits per heavy atom. The first-order valence-corrected chi connectivity index (χ1v) is 7.68. The van der Waals surface area contributed by atoms with Crippen LogP contribution in [0.5, 0.6) is 0 Å². The average Bonchev–Trinajstić information content (AvgIpc) is 2.79. The van der Waals surface area contributed by atoms with Crippen LogP contribution in [-0.4, -0.2) is 22.8 Å². The molecule has 0 bridgehead atoms. The largest absolute Gasteiger partial charge is 0.341 e. The summed E-state index contributed by atoms with van der Waals surface area (Å²) >= 11 is 13.4. The Kier molecular flexibility index (Phi) is 5.02. The Morgan fingerprint density at radius 3 is 2.70 bits per heavy atom. The number of carbonyl (C=O) groups is 1. The number of hydrogen-bond donors (Lipinski definition) is 0. The summed E-state index contributed by atoms with van der Waals surface area (Å²) < 4.78 is 0. The molecule has 1 aromatic heterocycles. The molecule has 1 aromatic carbocycles. The van der Waals surface area contributed by atoms with E-state index in [0.717, 1.165) is 16.3 Å². The van der Waals surface area contributed by atoms with Gasteiger partial charge in [-0.1, -0.05) is 29.3 Å². The number of hydrogen-bond acceptors (Lipinski definition) is 3. The molecule has 20 heavy (non-hydrogen) atoms. The summed E-state index contributed by atoms with van der Waals surface area (Å²) in [5, 5.41) is 3.91. The Hall–Kier alpha value is -1.10. The minimum Gasteiger partial charge on any atom is -0.341 e. The second-order valence-electron chi connectivity index (χ2n) is 4.53. The molecule has 2 rings (SSSR count). The monoisotopic (exact) mass is 328 g/mol. The number of amides is 1. The Balaban J connectivity index is 1.98. The van der Waals surface area contributed by atoms with Crippen molar-refractivity contribution >= 4 is 40.4 Å². The molecule has 2 aromatic rings. The third kappa shape index (κ3) is 3.95. The fourth-order valence-electron chi connectivity index (χ4n) is 1.78. The molecule has 0 aliphatic carbocycles. The number of aromatic nitrogens is 1. The van der Waals surface area contributed by atoms with Crippen LogP contribution in [-0.2, 0) is 17.8 Å². The molecule has 0 N–H and O–H groups in total. The molecule has 3 nitrogen and oxygen atoms in total. The van der Waals surface area contributed by atoms with E-state index in [1.807, 2.05) is 18.4 Å². The third-order valence-electron chi connectivity index (χ3n) is 2.83. The molecule has 0 aliphatic rings. The summed E-state index contributed by atoms with van der Waals surface area (Å²) in [5.41, 5.74) is 1.77. The molecule has 106 valence electrons. The zero-order valence-corrected chi connectivity index (χ0v) is 13.5. The maximum Gasteiger partial charge on any atom is 0.228 e. The lowest BCUT2D eigenvalue weighted by atomic mass is 10.2. The number of benzene rings is 1. The second kappa shape index (κ2) is 6.57. The lowest BCUT2D eigenvalue weighted by Crippen LogP contribution is -2.27. The van der Waals surface area contributed by atoms with E-state index in [1.165, 1.54) is 0 Å². The van der Waals surface area contributed by atoms with E-state index in [4.69, 9.17) is 23.2 Å². The first-order chi connectivity index (χ1) is 9.45. The Morgan fingerprint density at radius 1 is 1.35 bits per heavy atom. The van der Waals surface area contributed by atoms with E-state index in [2.05, 4.69) is 4.98 Å². The van der Waals surface area contributed by atoms with Crippen molar-refractivity contribution < 1.29 is 4.79 Å². The van der Waals surface area contributed by atoms with Crippen LogP contribution in [0.2, 0.25) is 10.0 Å². The number of aryl methyl sites for hydroxylation is 1. The van der Waals surface area contributed by atoms with Crippen LogP contribution in [0.4, 0.5) is 0 Å². The van der Waals surface area contributed by atoms with E-state index in [-0.39, 0.29) is 5.91 Å². The molecule has 0 radical (unpaired) electrons. The zero-order chi connectivity index (χ0) is 14.7.